The number of carbonyl (C=O) groups is 4. The lowest BCUT2D eigenvalue weighted by atomic mass is 9.95. The average Bonchev–Trinajstić information content (AvgIpc) is 3.41. The van der Waals surface area contributed by atoms with Crippen molar-refractivity contribution in [2.24, 2.45) is 0 Å². The highest BCUT2D eigenvalue weighted by Crippen LogP contribution is 2.50. The second-order valence-electron chi connectivity index (χ2n) is 8.46. The first-order chi connectivity index (χ1) is 16.4. The first-order valence-electron chi connectivity index (χ1n) is 10.4. The fourth-order valence-corrected chi connectivity index (χ4v) is 6.65. The van der Waals surface area contributed by atoms with Crippen molar-refractivity contribution in [3.63, 3.8) is 0 Å². The Hall–Kier alpha value is -3.36. The Kier molecular flexibility index (Phi) is 6.38. The third-order valence-corrected chi connectivity index (χ3v) is 8.18. The SMILES string of the molecule is CC1(C)S[C@@H]2[C@H](NC(=O)C(NS(=O)(=O)NC(=O)c3ccco3)c3ccccc3)C(=O)N2[C@H]1C(=O)O. The zero-order chi connectivity index (χ0) is 25.5. The van der Waals surface area contributed by atoms with Gasteiger partial charge < -0.3 is 19.7 Å². The highest BCUT2D eigenvalue weighted by molar-refractivity contribution is 8.01. The zero-order valence-electron chi connectivity index (χ0n) is 18.5. The second-order valence-corrected chi connectivity index (χ2v) is 11.7. The number of thioether (sulfide) groups is 1. The van der Waals surface area contributed by atoms with E-state index in [9.17, 15) is 32.7 Å². The number of fused-ring (bicyclic) bond motifs is 1. The molecular formula is C21H22N4O8S2. The van der Waals surface area contributed by atoms with Crippen LogP contribution in [0, 0.1) is 0 Å². The van der Waals surface area contributed by atoms with Crippen molar-refractivity contribution in [3.8, 4) is 0 Å². The first kappa shape index (κ1) is 24.8. The van der Waals surface area contributed by atoms with Crippen LogP contribution in [0.5, 0.6) is 0 Å². The molecule has 2 saturated heterocycles. The van der Waals surface area contributed by atoms with Crippen molar-refractivity contribution in [2.75, 3.05) is 0 Å². The van der Waals surface area contributed by atoms with Crippen molar-refractivity contribution < 1.29 is 37.1 Å². The van der Waals surface area contributed by atoms with Crippen molar-refractivity contribution >= 4 is 45.7 Å². The predicted molar refractivity (Wildman–Crippen MR) is 123 cm³/mol. The summed E-state index contributed by atoms with van der Waals surface area (Å²) in [7, 11) is -4.54. The number of amides is 3. The summed E-state index contributed by atoms with van der Waals surface area (Å²) in [5.41, 5.74) is 0.257. The van der Waals surface area contributed by atoms with Gasteiger partial charge in [-0.25, -0.2) is 9.52 Å². The minimum absolute atomic E-state index is 0.245. The van der Waals surface area contributed by atoms with E-state index in [0.29, 0.717) is 0 Å². The average molecular weight is 523 g/mol. The number of carboxylic acids is 1. The van der Waals surface area contributed by atoms with Gasteiger partial charge in [-0.1, -0.05) is 30.3 Å². The molecule has 0 spiro atoms. The molecule has 1 aromatic heterocycles. The number of hydrogen-bond donors (Lipinski definition) is 4. The van der Waals surface area contributed by atoms with Crippen molar-refractivity contribution in [3.05, 3.63) is 60.1 Å². The molecule has 0 aliphatic carbocycles. The van der Waals surface area contributed by atoms with E-state index in [4.69, 9.17) is 4.42 Å². The molecule has 0 bridgehead atoms. The maximum absolute atomic E-state index is 13.2. The largest absolute Gasteiger partial charge is 0.480 e. The number of benzene rings is 1. The fraction of sp³-hybridized carbons (Fsp3) is 0.333. The molecule has 2 aromatic rings. The minimum atomic E-state index is -4.54. The highest BCUT2D eigenvalue weighted by Gasteiger charge is 2.64. The molecule has 3 amide bonds. The number of β-lactam (4-membered cyclic amide) rings is 1. The smallest absolute Gasteiger partial charge is 0.327 e. The van der Waals surface area contributed by atoms with Gasteiger partial charge in [0.2, 0.25) is 11.8 Å². The lowest BCUT2D eigenvalue weighted by molar-refractivity contribution is -0.161. The Bertz CT molecular complexity index is 1260. The molecule has 3 heterocycles. The summed E-state index contributed by atoms with van der Waals surface area (Å²) in [6.07, 6.45) is 1.20. The van der Waals surface area contributed by atoms with Gasteiger partial charge in [-0.2, -0.15) is 13.1 Å². The normalized spacial score (nSPS) is 23.7. The van der Waals surface area contributed by atoms with Gasteiger partial charge in [0, 0.05) is 4.75 Å². The molecule has 4 atom stereocenters. The maximum Gasteiger partial charge on any atom is 0.327 e. The Morgan fingerprint density at radius 3 is 2.43 bits per heavy atom. The van der Waals surface area contributed by atoms with E-state index in [1.807, 2.05) is 0 Å². The number of nitrogens with zero attached hydrogens (tertiary/aromatic N) is 1. The van der Waals surface area contributed by atoms with Crippen LogP contribution in [-0.2, 0) is 24.6 Å². The van der Waals surface area contributed by atoms with Crippen LogP contribution in [0.1, 0.15) is 36.0 Å². The second kappa shape index (κ2) is 9.02. The minimum Gasteiger partial charge on any atom is -0.480 e. The van der Waals surface area contributed by atoms with E-state index < -0.39 is 62.1 Å². The summed E-state index contributed by atoms with van der Waals surface area (Å²) in [4.78, 5) is 51.0. The summed E-state index contributed by atoms with van der Waals surface area (Å²) in [6, 6.07) is 6.95. The molecule has 2 fully saturated rings. The molecule has 1 aromatic carbocycles. The topological polar surface area (TPSA) is 175 Å². The Morgan fingerprint density at radius 1 is 1.14 bits per heavy atom. The van der Waals surface area contributed by atoms with Gasteiger partial charge in [-0.05, 0) is 31.5 Å². The molecule has 35 heavy (non-hydrogen) atoms. The number of nitrogens with one attached hydrogen (secondary N) is 3. The van der Waals surface area contributed by atoms with Crippen LogP contribution in [-0.4, -0.2) is 64.3 Å². The van der Waals surface area contributed by atoms with Gasteiger partial charge in [-0.3, -0.25) is 14.4 Å². The van der Waals surface area contributed by atoms with Crippen molar-refractivity contribution in [1.29, 1.82) is 0 Å². The number of hydrogen-bond acceptors (Lipinski definition) is 8. The van der Waals surface area contributed by atoms with Crippen LogP contribution in [0.3, 0.4) is 0 Å². The monoisotopic (exact) mass is 522 g/mol. The summed E-state index contributed by atoms with van der Waals surface area (Å²) < 4.78 is 33.3. The van der Waals surface area contributed by atoms with Gasteiger partial charge in [0.1, 0.15) is 23.5 Å². The molecule has 0 saturated carbocycles. The van der Waals surface area contributed by atoms with Crippen LogP contribution in [0.2, 0.25) is 0 Å². The number of carbonyl (C=O) groups excluding carboxylic acids is 3. The Balaban J connectivity index is 1.52. The van der Waals surface area contributed by atoms with Gasteiger partial charge in [0.05, 0.1) is 6.26 Å². The Labute approximate surface area is 204 Å². The molecule has 4 N–H and O–H groups in total. The third-order valence-electron chi connectivity index (χ3n) is 5.61. The fourth-order valence-electron chi connectivity index (χ4n) is 4.07. The van der Waals surface area contributed by atoms with E-state index in [-0.39, 0.29) is 11.3 Å². The van der Waals surface area contributed by atoms with Crippen LogP contribution < -0.4 is 14.8 Å². The molecule has 4 rings (SSSR count). The van der Waals surface area contributed by atoms with E-state index in [2.05, 4.69) is 10.0 Å². The van der Waals surface area contributed by atoms with Gasteiger partial charge in [0.15, 0.2) is 5.76 Å². The molecule has 2 aliphatic heterocycles. The first-order valence-corrected chi connectivity index (χ1v) is 12.7. The highest BCUT2D eigenvalue weighted by atomic mass is 32.2. The molecule has 12 nitrogen and oxygen atoms in total. The Morgan fingerprint density at radius 2 is 1.83 bits per heavy atom. The summed E-state index contributed by atoms with van der Waals surface area (Å²) in [5.74, 6) is -3.85. The van der Waals surface area contributed by atoms with Crippen LogP contribution >= 0.6 is 11.8 Å². The number of carboxylic acid groups (broad SMARTS) is 1. The molecule has 14 heteroatoms. The predicted octanol–water partition coefficient (Wildman–Crippen LogP) is 0.217. The van der Waals surface area contributed by atoms with E-state index in [1.165, 1.54) is 47.2 Å². The quantitative estimate of drug-likeness (QED) is 0.353. The lowest BCUT2D eigenvalue weighted by Crippen LogP contribution is -2.71. The van der Waals surface area contributed by atoms with Crippen LogP contribution in [0.4, 0.5) is 0 Å². The van der Waals surface area contributed by atoms with Crippen LogP contribution in [0.25, 0.3) is 0 Å². The third kappa shape index (κ3) is 4.76. The van der Waals surface area contributed by atoms with E-state index in [0.717, 1.165) is 0 Å². The summed E-state index contributed by atoms with van der Waals surface area (Å²) >= 11 is 1.24. The van der Waals surface area contributed by atoms with Crippen LogP contribution in [0.15, 0.2) is 53.1 Å². The number of furan rings is 1. The van der Waals surface area contributed by atoms with E-state index >= 15 is 0 Å². The summed E-state index contributed by atoms with van der Waals surface area (Å²) in [5, 5.41) is 11.5. The number of aliphatic carboxylic acids is 1. The lowest BCUT2D eigenvalue weighted by Gasteiger charge is -2.44. The molecule has 2 aliphatic rings. The zero-order valence-corrected chi connectivity index (χ0v) is 20.1. The maximum atomic E-state index is 13.2. The van der Waals surface area contributed by atoms with Gasteiger partial charge in [-0.15, -0.1) is 11.8 Å². The van der Waals surface area contributed by atoms with Gasteiger partial charge in [0.25, 0.3) is 0 Å². The molecule has 186 valence electrons. The van der Waals surface area contributed by atoms with Crippen molar-refractivity contribution in [1.82, 2.24) is 19.7 Å². The van der Waals surface area contributed by atoms with Gasteiger partial charge >= 0.3 is 22.1 Å². The molecule has 1 unspecified atom stereocenters. The number of rotatable bonds is 8. The standard InChI is InChI=1S/C21H22N4O8S2/c1-21(2)15(20(29)30)25-18(28)14(19(25)34-21)22-17(27)13(11-7-4-3-5-8-11)23-35(31,32)24-16(26)12-9-6-10-33-12/h3-10,13-15,19,23H,1-2H3,(H,22,27)(H,24,26)(H,29,30)/t13?,14-,15+,19-/m1/s1. The van der Waals surface area contributed by atoms with Crippen molar-refractivity contribution in [2.45, 2.75) is 42.1 Å². The molecular weight excluding hydrogens is 500 g/mol. The molecule has 0 radical (unpaired) electrons. The summed E-state index contributed by atoms with van der Waals surface area (Å²) in [6.45, 7) is 3.40. The van der Waals surface area contributed by atoms with E-state index in [1.54, 1.807) is 36.8 Å².